The van der Waals surface area contributed by atoms with Crippen LogP contribution in [0.2, 0.25) is 0 Å². The van der Waals surface area contributed by atoms with Crippen LogP contribution in [0.1, 0.15) is 30.6 Å². The molecule has 0 aromatic heterocycles. The van der Waals surface area contributed by atoms with Gasteiger partial charge < -0.3 is 19.9 Å². The number of nitrogens with one attached hydrogen (secondary N) is 1. The van der Waals surface area contributed by atoms with Crippen LogP contribution >= 0.6 is 0 Å². The van der Waals surface area contributed by atoms with Crippen molar-refractivity contribution >= 4 is 11.9 Å². The molecule has 6 nitrogen and oxygen atoms in total. The lowest BCUT2D eigenvalue weighted by molar-refractivity contribution is -0.123. The minimum Gasteiger partial charge on any atom is -0.497 e. The zero-order valence-corrected chi connectivity index (χ0v) is 11.8. The summed E-state index contributed by atoms with van der Waals surface area (Å²) in [7, 11) is 1.47. The van der Waals surface area contributed by atoms with Gasteiger partial charge in [-0.25, -0.2) is 4.79 Å². The smallest absolute Gasteiger partial charge is 0.339 e. The number of carboxylic acid groups (broad SMARTS) is 1. The average molecular weight is 281 g/mol. The average Bonchev–Trinajstić information content (AvgIpc) is 2.44. The number of carbonyl (C=O) groups is 2. The summed E-state index contributed by atoms with van der Waals surface area (Å²) in [6, 6.07) is 4.40. The first kappa shape index (κ1) is 15.8. The molecule has 0 bridgehead atoms. The summed E-state index contributed by atoms with van der Waals surface area (Å²) in [4.78, 5) is 22.7. The second kappa shape index (κ2) is 7.37. The standard InChI is InChI=1S/C14H19NO5/c1-4-9(2)15-13(16)8-20-12-7-10(19-3)5-6-11(12)14(17)18/h5-7,9H,4,8H2,1-3H3,(H,15,16)(H,17,18)/t9-/m0/s1. The van der Waals surface area contributed by atoms with E-state index in [0.29, 0.717) is 5.75 Å². The lowest BCUT2D eigenvalue weighted by Crippen LogP contribution is -2.35. The van der Waals surface area contributed by atoms with E-state index in [1.54, 1.807) is 0 Å². The van der Waals surface area contributed by atoms with E-state index in [-0.39, 0.29) is 29.9 Å². The van der Waals surface area contributed by atoms with Gasteiger partial charge in [0, 0.05) is 12.1 Å². The first-order chi connectivity index (χ1) is 9.47. The van der Waals surface area contributed by atoms with E-state index in [9.17, 15) is 9.59 Å². The molecule has 1 aromatic rings. The number of ether oxygens (including phenoxy) is 2. The Balaban J connectivity index is 2.75. The maximum absolute atomic E-state index is 11.6. The van der Waals surface area contributed by atoms with Crippen LogP contribution in [0.25, 0.3) is 0 Å². The highest BCUT2D eigenvalue weighted by molar-refractivity contribution is 5.91. The summed E-state index contributed by atoms with van der Waals surface area (Å²) < 4.78 is 10.3. The molecule has 0 aliphatic heterocycles. The second-order valence-corrected chi connectivity index (χ2v) is 4.33. The fourth-order valence-electron chi connectivity index (χ4n) is 1.49. The summed E-state index contributed by atoms with van der Waals surface area (Å²) in [5, 5.41) is 11.8. The number of amides is 1. The van der Waals surface area contributed by atoms with Crippen LogP contribution in [0.5, 0.6) is 11.5 Å². The molecule has 0 spiro atoms. The van der Waals surface area contributed by atoms with E-state index < -0.39 is 5.97 Å². The molecule has 0 heterocycles. The monoisotopic (exact) mass is 281 g/mol. The van der Waals surface area contributed by atoms with Crippen molar-refractivity contribution < 1.29 is 24.2 Å². The van der Waals surface area contributed by atoms with E-state index in [2.05, 4.69) is 5.32 Å². The normalized spacial score (nSPS) is 11.6. The number of carboxylic acids is 1. The summed E-state index contributed by atoms with van der Waals surface area (Å²) in [6.07, 6.45) is 0.811. The molecule has 0 saturated carbocycles. The molecule has 0 saturated heterocycles. The third kappa shape index (κ3) is 4.46. The molecule has 0 unspecified atom stereocenters. The molecule has 0 radical (unpaired) electrons. The van der Waals surface area contributed by atoms with Crippen molar-refractivity contribution in [2.45, 2.75) is 26.3 Å². The summed E-state index contributed by atoms with van der Waals surface area (Å²) in [5.41, 5.74) is -0.0119. The van der Waals surface area contributed by atoms with Gasteiger partial charge in [0.25, 0.3) is 5.91 Å². The lowest BCUT2D eigenvalue weighted by atomic mass is 10.2. The molecular weight excluding hydrogens is 262 g/mol. The molecule has 1 amide bonds. The van der Waals surface area contributed by atoms with E-state index in [1.165, 1.54) is 25.3 Å². The van der Waals surface area contributed by atoms with Gasteiger partial charge in [-0.15, -0.1) is 0 Å². The second-order valence-electron chi connectivity index (χ2n) is 4.33. The molecule has 0 fully saturated rings. The van der Waals surface area contributed by atoms with Crippen molar-refractivity contribution in [3.05, 3.63) is 23.8 Å². The van der Waals surface area contributed by atoms with Crippen LogP contribution in [0, 0.1) is 0 Å². The summed E-state index contributed by atoms with van der Waals surface area (Å²) >= 11 is 0. The topological polar surface area (TPSA) is 84.9 Å². The van der Waals surface area contributed by atoms with Crippen molar-refractivity contribution in [2.24, 2.45) is 0 Å². The van der Waals surface area contributed by atoms with E-state index in [4.69, 9.17) is 14.6 Å². The zero-order valence-electron chi connectivity index (χ0n) is 11.8. The van der Waals surface area contributed by atoms with Gasteiger partial charge >= 0.3 is 5.97 Å². The van der Waals surface area contributed by atoms with Crippen molar-refractivity contribution in [3.63, 3.8) is 0 Å². The number of aromatic carboxylic acids is 1. The molecule has 6 heteroatoms. The van der Waals surface area contributed by atoms with Gasteiger partial charge in [-0.05, 0) is 25.5 Å². The third-order valence-corrected chi connectivity index (χ3v) is 2.80. The molecule has 1 atom stereocenters. The quantitative estimate of drug-likeness (QED) is 0.794. The molecule has 110 valence electrons. The molecule has 20 heavy (non-hydrogen) atoms. The highest BCUT2D eigenvalue weighted by atomic mass is 16.5. The summed E-state index contributed by atoms with van der Waals surface area (Å²) in [6.45, 7) is 3.60. The van der Waals surface area contributed by atoms with Crippen molar-refractivity contribution in [1.29, 1.82) is 0 Å². The number of benzene rings is 1. The number of hydrogen-bond acceptors (Lipinski definition) is 4. The lowest BCUT2D eigenvalue weighted by Gasteiger charge is -2.13. The van der Waals surface area contributed by atoms with E-state index in [0.717, 1.165) is 6.42 Å². The minimum atomic E-state index is -1.12. The largest absolute Gasteiger partial charge is 0.497 e. The van der Waals surface area contributed by atoms with Gasteiger partial charge in [-0.2, -0.15) is 0 Å². The van der Waals surface area contributed by atoms with Gasteiger partial charge in [0.1, 0.15) is 17.1 Å². The highest BCUT2D eigenvalue weighted by Gasteiger charge is 2.14. The van der Waals surface area contributed by atoms with Crippen molar-refractivity contribution in [1.82, 2.24) is 5.32 Å². The number of hydrogen-bond donors (Lipinski definition) is 2. The predicted octanol–water partition coefficient (Wildman–Crippen LogP) is 1.69. The molecule has 1 aromatic carbocycles. The maximum atomic E-state index is 11.6. The first-order valence-corrected chi connectivity index (χ1v) is 6.31. The van der Waals surface area contributed by atoms with Gasteiger partial charge in [0.2, 0.25) is 0 Å². The zero-order chi connectivity index (χ0) is 15.1. The Labute approximate surface area is 117 Å². The van der Waals surface area contributed by atoms with Crippen LogP contribution < -0.4 is 14.8 Å². The molecule has 1 rings (SSSR count). The number of methoxy groups -OCH3 is 1. The Kier molecular flexibility index (Phi) is 5.83. The van der Waals surface area contributed by atoms with Gasteiger partial charge in [0.05, 0.1) is 7.11 Å². The fourth-order valence-corrected chi connectivity index (χ4v) is 1.49. The van der Waals surface area contributed by atoms with Crippen LogP contribution in [0.3, 0.4) is 0 Å². The predicted molar refractivity (Wildman–Crippen MR) is 73.3 cm³/mol. The van der Waals surface area contributed by atoms with Crippen LogP contribution in [0.15, 0.2) is 18.2 Å². The Hall–Kier alpha value is -2.24. The Morgan fingerprint density at radius 2 is 2.10 bits per heavy atom. The van der Waals surface area contributed by atoms with E-state index in [1.807, 2.05) is 13.8 Å². The Morgan fingerprint density at radius 3 is 2.65 bits per heavy atom. The summed E-state index contributed by atoms with van der Waals surface area (Å²) in [5.74, 6) is -0.841. The van der Waals surface area contributed by atoms with Crippen LogP contribution in [0.4, 0.5) is 0 Å². The Morgan fingerprint density at radius 1 is 1.40 bits per heavy atom. The van der Waals surface area contributed by atoms with Gasteiger partial charge in [0.15, 0.2) is 6.61 Å². The molecule has 2 N–H and O–H groups in total. The van der Waals surface area contributed by atoms with E-state index >= 15 is 0 Å². The minimum absolute atomic E-state index is 0.0119. The van der Waals surface area contributed by atoms with Crippen molar-refractivity contribution in [2.75, 3.05) is 13.7 Å². The van der Waals surface area contributed by atoms with Crippen molar-refractivity contribution in [3.8, 4) is 11.5 Å². The van der Waals surface area contributed by atoms with Crippen LogP contribution in [-0.2, 0) is 4.79 Å². The number of rotatable bonds is 7. The maximum Gasteiger partial charge on any atom is 0.339 e. The van der Waals surface area contributed by atoms with Crippen LogP contribution in [-0.4, -0.2) is 36.7 Å². The first-order valence-electron chi connectivity index (χ1n) is 6.31. The fraction of sp³-hybridized carbons (Fsp3) is 0.429. The molecule has 0 aliphatic carbocycles. The molecule has 0 aliphatic rings. The van der Waals surface area contributed by atoms with Gasteiger partial charge in [-0.1, -0.05) is 6.92 Å². The highest BCUT2D eigenvalue weighted by Crippen LogP contribution is 2.24. The molecular formula is C14H19NO5. The SMILES string of the molecule is CC[C@H](C)NC(=O)COc1cc(OC)ccc1C(=O)O. The van der Waals surface area contributed by atoms with Gasteiger partial charge in [-0.3, -0.25) is 4.79 Å². The Bertz CT molecular complexity index is 486. The number of carbonyl (C=O) groups excluding carboxylic acids is 1. The third-order valence-electron chi connectivity index (χ3n) is 2.80.